The Kier molecular flexibility index (Phi) is 6.91. The molecule has 1 aromatic rings. The second kappa shape index (κ2) is 8.19. The molecule has 0 fully saturated rings. The van der Waals surface area contributed by atoms with Crippen LogP contribution in [0.5, 0.6) is 0 Å². The molecular formula is C15H17Cl2NO. The van der Waals surface area contributed by atoms with Gasteiger partial charge in [-0.05, 0) is 24.1 Å². The second-order valence-electron chi connectivity index (χ2n) is 4.51. The first kappa shape index (κ1) is 16.0. The summed E-state index contributed by atoms with van der Waals surface area (Å²) < 4.78 is 0. The van der Waals surface area contributed by atoms with Crippen LogP contribution < -0.4 is 0 Å². The summed E-state index contributed by atoms with van der Waals surface area (Å²) in [5, 5.41) is 9.97. The molecule has 1 unspecified atom stereocenters. The van der Waals surface area contributed by atoms with Crippen molar-refractivity contribution < 1.29 is 4.79 Å². The maximum Gasteiger partial charge on any atom is 0.154 e. The fraction of sp³-hybridized carbons (Fsp3) is 0.467. The lowest BCUT2D eigenvalue weighted by atomic mass is 9.93. The molecule has 4 heteroatoms. The van der Waals surface area contributed by atoms with Crippen LogP contribution in [0.25, 0.3) is 0 Å². The van der Waals surface area contributed by atoms with E-state index in [0.717, 1.165) is 25.7 Å². The van der Waals surface area contributed by atoms with Gasteiger partial charge in [0.2, 0.25) is 0 Å². The van der Waals surface area contributed by atoms with Gasteiger partial charge in [-0.3, -0.25) is 4.79 Å². The van der Waals surface area contributed by atoms with Crippen LogP contribution in [0.2, 0.25) is 10.0 Å². The fourth-order valence-electron chi connectivity index (χ4n) is 1.89. The Labute approximate surface area is 124 Å². The maximum atomic E-state index is 12.0. The second-order valence-corrected chi connectivity index (χ2v) is 5.33. The third-order valence-corrected chi connectivity index (χ3v) is 3.74. The SMILES string of the molecule is CCCCCCC(=O)C(C#N)c1ccc(Cl)c(Cl)c1. The third kappa shape index (κ3) is 4.86. The summed E-state index contributed by atoms with van der Waals surface area (Å²) in [7, 11) is 0. The quantitative estimate of drug-likeness (QED) is 0.654. The standard InChI is InChI=1S/C15H17Cl2NO/c1-2-3-4-5-6-15(19)12(10-18)11-7-8-13(16)14(17)9-11/h7-9,12H,2-6H2,1H3. The molecule has 0 radical (unpaired) electrons. The maximum absolute atomic E-state index is 12.0. The first-order valence-electron chi connectivity index (χ1n) is 6.47. The zero-order valence-corrected chi connectivity index (χ0v) is 12.5. The van der Waals surface area contributed by atoms with Gasteiger partial charge in [-0.2, -0.15) is 5.26 Å². The van der Waals surface area contributed by atoms with E-state index >= 15 is 0 Å². The van der Waals surface area contributed by atoms with Crippen LogP contribution in [0.4, 0.5) is 0 Å². The van der Waals surface area contributed by atoms with Crippen molar-refractivity contribution in [3.05, 3.63) is 33.8 Å². The molecular weight excluding hydrogens is 281 g/mol. The molecule has 0 amide bonds. The number of halogens is 2. The molecule has 0 heterocycles. The Morgan fingerprint density at radius 2 is 2.00 bits per heavy atom. The average molecular weight is 298 g/mol. The smallest absolute Gasteiger partial charge is 0.154 e. The molecule has 0 N–H and O–H groups in total. The van der Waals surface area contributed by atoms with E-state index in [2.05, 4.69) is 13.0 Å². The van der Waals surface area contributed by atoms with Gasteiger partial charge in [-0.15, -0.1) is 0 Å². The fourth-order valence-corrected chi connectivity index (χ4v) is 2.20. The van der Waals surface area contributed by atoms with Crippen molar-refractivity contribution in [1.29, 1.82) is 5.26 Å². The van der Waals surface area contributed by atoms with Gasteiger partial charge >= 0.3 is 0 Å². The topological polar surface area (TPSA) is 40.9 Å². The monoisotopic (exact) mass is 297 g/mol. The lowest BCUT2D eigenvalue weighted by Gasteiger charge is -2.09. The summed E-state index contributed by atoms with van der Waals surface area (Å²) in [6, 6.07) is 6.96. The number of benzene rings is 1. The van der Waals surface area contributed by atoms with E-state index in [-0.39, 0.29) is 5.78 Å². The molecule has 0 aliphatic carbocycles. The molecule has 1 atom stereocenters. The number of carbonyl (C=O) groups excluding carboxylic acids is 1. The van der Waals surface area contributed by atoms with Crippen LogP contribution in [0.15, 0.2) is 18.2 Å². The van der Waals surface area contributed by atoms with E-state index in [4.69, 9.17) is 28.5 Å². The Morgan fingerprint density at radius 3 is 2.58 bits per heavy atom. The number of nitrogens with zero attached hydrogens (tertiary/aromatic N) is 1. The normalized spacial score (nSPS) is 11.9. The predicted molar refractivity (Wildman–Crippen MR) is 78.6 cm³/mol. The van der Waals surface area contributed by atoms with Crippen molar-refractivity contribution in [2.45, 2.75) is 44.9 Å². The van der Waals surface area contributed by atoms with Crippen molar-refractivity contribution in [3.8, 4) is 6.07 Å². The van der Waals surface area contributed by atoms with E-state index < -0.39 is 5.92 Å². The van der Waals surface area contributed by atoms with Crippen LogP contribution in [0, 0.1) is 11.3 Å². The molecule has 0 saturated heterocycles. The van der Waals surface area contributed by atoms with Gasteiger partial charge in [-0.25, -0.2) is 0 Å². The molecule has 0 spiro atoms. The van der Waals surface area contributed by atoms with E-state index in [1.165, 1.54) is 0 Å². The Bertz CT molecular complexity index is 480. The molecule has 102 valence electrons. The van der Waals surface area contributed by atoms with Gasteiger partial charge in [0.1, 0.15) is 5.92 Å². The van der Waals surface area contributed by atoms with Gasteiger partial charge in [-0.1, -0.05) is 55.5 Å². The first-order chi connectivity index (χ1) is 9.10. The lowest BCUT2D eigenvalue weighted by molar-refractivity contribution is -0.119. The number of rotatable bonds is 7. The van der Waals surface area contributed by atoms with Crippen LogP contribution >= 0.6 is 23.2 Å². The number of Topliss-reactive ketones (excluding diaryl/α,β-unsaturated/α-hetero) is 1. The van der Waals surface area contributed by atoms with Crippen LogP contribution in [-0.2, 0) is 4.79 Å². The Balaban J connectivity index is 2.69. The van der Waals surface area contributed by atoms with Crippen LogP contribution in [-0.4, -0.2) is 5.78 Å². The minimum absolute atomic E-state index is 0.0445. The third-order valence-electron chi connectivity index (χ3n) is 3.00. The number of nitriles is 1. The van der Waals surface area contributed by atoms with Crippen molar-refractivity contribution >= 4 is 29.0 Å². The minimum Gasteiger partial charge on any atom is -0.298 e. The van der Waals surface area contributed by atoms with E-state index in [1.807, 2.05) is 0 Å². The number of carbonyl (C=O) groups is 1. The van der Waals surface area contributed by atoms with Crippen molar-refractivity contribution in [1.82, 2.24) is 0 Å². The minimum atomic E-state index is -0.739. The van der Waals surface area contributed by atoms with Crippen molar-refractivity contribution in [2.24, 2.45) is 0 Å². The van der Waals surface area contributed by atoms with Crippen LogP contribution in [0.3, 0.4) is 0 Å². The van der Waals surface area contributed by atoms with E-state index in [0.29, 0.717) is 22.0 Å². The molecule has 19 heavy (non-hydrogen) atoms. The van der Waals surface area contributed by atoms with E-state index in [9.17, 15) is 4.79 Å². The van der Waals surface area contributed by atoms with Crippen LogP contribution in [0.1, 0.15) is 50.5 Å². The van der Waals surface area contributed by atoms with Gasteiger partial charge in [0, 0.05) is 6.42 Å². The van der Waals surface area contributed by atoms with Gasteiger partial charge in [0.15, 0.2) is 5.78 Å². The zero-order chi connectivity index (χ0) is 14.3. The Hall–Kier alpha value is -1.04. The van der Waals surface area contributed by atoms with Gasteiger partial charge in [0.05, 0.1) is 16.1 Å². The number of hydrogen-bond donors (Lipinski definition) is 0. The summed E-state index contributed by atoms with van der Waals surface area (Å²) in [4.78, 5) is 12.0. The molecule has 0 saturated carbocycles. The van der Waals surface area contributed by atoms with E-state index in [1.54, 1.807) is 18.2 Å². The summed E-state index contributed by atoms with van der Waals surface area (Å²) in [6.07, 6.45) is 4.56. The molecule has 0 aliphatic rings. The molecule has 2 nitrogen and oxygen atoms in total. The van der Waals surface area contributed by atoms with Gasteiger partial charge < -0.3 is 0 Å². The molecule has 1 rings (SSSR count). The molecule has 1 aromatic carbocycles. The number of ketones is 1. The lowest BCUT2D eigenvalue weighted by Crippen LogP contribution is -2.10. The molecule has 0 aliphatic heterocycles. The average Bonchev–Trinajstić information content (AvgIpc) is 2.40. The Morgan fingerprint density at radius 1 is 1.26 bits per heavy atom. The summed E-state index contributed by atoms with van der Waals surface area (Å²) in [5.74, 6) is -0.784. The largest absolute Gasteiger partial charge is 0.298 e. The van der Waals surface area contributed by atoms with Crippen molar-refractivity contribution in [3.63, 3.8) is 0 Å². The predicted octanol–water partition coefficient (Wildman–Crippen LogP) is 5.14. The first-order valence-corrected chi connectivity index (χ1v) is 7.23. The zero-order valence-electron chi connectivity index (χ0n) is 11.0. The summed E-state index contributed by atoms with van der Waals surface area (Å²) in [5.41, 5.74) is 0.623. The highest BCUT2D eigenvalue weighted by molar-refractivity contribution is 6.42. The summed E-state index contributed by atoms with van der Waals surface area (Å²) >= 11 is 11.7. The highest BCUT2D eigenvalue weighted by atomic mass is 35.5. The molecule has 0 bridgehead atoms. The summed E-state index contributed by atoms with van der Waals surface area (Å²) in [6.45, 7) is 2.12. The number of unbranched alkanes of at least 4 members (excludes halogenated alkanes) is 3. The van der Waals surface area contributed by atoms with Crippen molar-refractivity contribution in [2.75, 3.05) is 0 Å². The van der Waals surface area contributed by atoms with Gasteiger partial charge in [0.25, 0.3) is 0 Å². The highest BCUT2D eigenvalue weighted by Crippen LogP contribution is 2.27. The molecule has 0 aromatic heterocycles. The highest BCUT2D eigenvalue weighted by Gasteiger charge is 2.20. The number of hydrogen-bond acceptors (Lipinski definition) is 2.